The minimum Gasteiger partial charge on any atom is -0.310 e. The van der Waals surface area contributed by atoms with Crippen molar-refractivity contribution >= 4 is 11.7 Å². The summed E-state index contributed by atoms with van der Waals surface area (Å²) in [5.41, 5.74) is 1.10. The van der Waals surface area contributed by atoms with Crippen LogP contribution < -0.4 is 5.32 Å². The summed E-state index contributed by atoms with van der Waals surface area (Å²) in [4.78, 5) is 20.9. The largest absolute Gasteiger partial charge is 0.310 e. The molecule has 0 saturated carbocycles. The smallest absolute Gasteiger partial charge is 0.239 e. The van der Waals surface area contributed by atoms with Gasteiger partial charge in [-0.15, -0.1) is 0 Å². The third kappa shape index (κ3) is 2.62. The molecule has 2 atom stereocenters. The molecule has 0 aromatic carbocycles. The summed E-state index contributed by atoms with van der Waals surface area (Å²) in [5.74, 6) is 0.680. The second-order valence-corrected chi connectivity index (χ2v) is 5.68. The van der Waals surface area contributed by atoms with E-state index in [0.717, 1.165) is 18.7 Å². The number of pyridine rings is 1. The Hall–Kier alpha value is -1.46. The lowest BCUT2D eigenvalue weighted by Crippen LogP contribution is -2.47. The first kappa shape index (κ1) is 12.6. The Balaban J connectivity index is 1.55. The van der Waals surface area contributed by atoms with Crippen molar-refractivity contribution in [1.29, 1.82) is 0 Å². The minimum absolute atomic E-state index is 0.0355. The topological polar surface area (TPSA) is 48.5 Å². The van der Waals surface area contributed by atoms with Crippen molar-refractivity contribution in [3.8, 4) is 0 Å². The van der Waals surface area contributed by atoms with Gasteiger partial charge in [-0.25, -0.2) is 4.98 Å². The average Bonchev–Trinajstić information content (AvgIpc) is 2.87. The van der Waals surface area contributed by atoms with Crippen molar-refractivity contribution in [3.63, 3.8) is 0 Å². The summed E-state index contributed by atoms with van der Waals surface area (Å²) in [5, 5.41) is 2.88. The minimum atomic E-state index is 0.0355. The first-order chi connectivity index (χ1) is 9.11. The second-order valence-electron chi connectivity index (χ2n) is 5.68. The summed E-state index contributed by atoms with van der Waals surface area (Å²) in [6, 6.07) is 4.99. The number of piperazine rings is 1. The fourth-order valence-corrected chi connectivity index (χ4v) is 3.11. The molecular weight excluding hydrogens is 240 g/mol. The molecule has 2 bridgehead atoms. The number of nitrogens with one attached hydrogen (secondary N) is 1. The molecule has 5 nitrogen and oxygen atoms in total. The summed E-state index contributed by atoms with van der Waals surface area (Å²) in [6.45, 7) is 4.56. The van der Waals surface area contributed by atoms with Crippen LogP contribution in [-0.4, -0.2) is 59.5 Å². The Bertz CT molecular complexity index is 488. The van der Waals surface area contributed by atoms with Crippen molar-refractivity contribution in [3.05, 3.63) is 23.9 Å². The highest BCUT2D eigenvalue weighted by molar-refractivity contribution is 5.91. The molecule has 2 fully saturated rings. The van der Waals surface area contributed by atoms with Crippen LogP contribution in [0, 0.1) is 6.92 Å². The van der Waals surface area contributed by atoms with E-state index in [4.69, 9.17) is 0 Å². The number of aromatic nitrogens is 1. The van der Waals surface area contributed by atoms with Crippen LogP contribution in [0.2, 0.25) is 0 Å². The zero-order chi connectivity index (χ0) is 13.4. The monoisotopic (exact) mass is 260 g/mol. The molecule has 1 aromatic heterocycles. The predicted octanol–water partition coefficient (Wildman–Crippen LogP) is 0.717. The molecular formula is C14H20N4O. The van der Waals surface area contributed by atoms with Gasteiger partial charge in [0.05, 0.1) is 6.54 Å². The van der Waals surface area contributed by atoms with Gasteiger partial charge in [-0.05, 0) is 38.1 Å². The fourth-order valence-electron chi connectivity index (χ4n) is 3.11. The average molecular weight is 260 g/mol. The summed E-state index contributed by atoms with van der Waals surface area (Å²) in [7, 11) is 2.17. The molecule has 19 heavy (non-hydrogen) atoms. The number of fused-ring (bicyclic) bond motifs is 2. The normalized spacial score (nSPS) is 26.8. The van der Waals surface area contributed by atoms with Crippen LogP contribution in [0.15, 0.2) is 18.3 Å². The lowest BCUT2D eigenvalue weighted by Gasteiger charge is -2.31. The molecule has 102 valence electrons. The van der Waals surface area contributed by atoms with E-state index >= 15 is 0 Å². The number of carbonyl (C=O) groups excluding carboxylic acids is 1. The maximum absolute atomic E-state index is 12.0. The third-order valence-corrected chi connectivity index (χ3v) is 4.16. The number of nitrogens with zero attached hydrogens (tertiary/aromatic N) is 3. The lowest BCUT2D eigenvalue weighted by atomic mass is 10.2. The lowest BCUT2D eigenvalue weighted by molar-refractivity contribution is -0.117. The summed E-state index contributed by atoms with van der Waals surface area (Å²) in [6.07, 6.45) is 2.92. The van der Waals surface area contributed by atoms with Crippen LogP contribution in [0.1, 0.15) is 12.0 Å². The van der Waals surface area contributed by atoms with Crippen molar-refractivity contribution in [1.82, 2.24) is 14.8 Å². The summed E-state index contributed by atoms with van der Waals surface area (Å²) < 4.78 is 0. The van der Waals surface area contributed by atoms with Crippen LogP contribution in [-0.2, 0) is 4.79 Å². The maximum Gasteiger partial charge on any atom is 0.239 e. The van der Waals surface area contributed by atoms with E-state index in [1.54, 1.807) is 6.20 Å². The number of hydrogen-bond donors (Lipinski definition) is 1. The number of aryl methyl sites for hydroxylation is 1. The van der Waals surface area contributed by atoms with Gasteiger partial charge in [-0.2, -0.15) is 0 Å². The Morgan fingerprint density at radius 1 is 1.47 bits per heavy atom. The van der Waals surface area contributed by atoms with E-state index in [1.807, 2.05) is 19.1 Å². The van der Waals surface area contributed by atoms with Gasteiger partial charge in [0.25, 0.3) is 0 Å². The molecule has 5 heteroatoms. The number of likely N-dealkylation sites (tertiary alicyclic amines) is 2. The van der Waals surface area contributed by atoms with Crippen LogP contribution in [0.25, 0.3) is 0 Å². The summed E-state index contributed by atoms with van der Waals surface area (Å²) >= 11 is 0. The number of anilines is 1. The van der Waals surface area contributed by atoms with Crippen LogP contribution >= 0.6 is 0 Å². The molecule has 2 aliphatic rings. The number of carbonyl (C=O) groups is 1. The molecule has 1 amide bonds. The number of likely N-dealkylation sites (N-methyl/N-ethyl adjacent to an activating group) is 1. The maximum atomic E-state index is 12.0. The van der Waals surface area contributed by atoms with Crippen LogP contribution in [0.5, 0.6) is 0 Å². The molecule has 1 N–H and O–H groups in total. The molecule has 2 saturated heterocycles. The molecule has 0 aliphatic carbocycles. The van der Waals surface area contributed by atoms with Crippen molar-refractivity contribution in [2.24, 2.45) is 0 Å². The SMILES string of the molecule is Cc1ccnc(NC(=O)CN2CC3CC2CN3C)c1. The van der Waals surface area contributed by atoms with E-state index in [0.29, 0.717) is 24.4 Å². The van der Waals surface area contributed by atoms with Gasteiger partial charge in [0.1, 0.15) is 5.82 Å². The quantitative estimate of drug-likeness (QED) is 0.870. The molecule has 2 aliphatic heterocycles. The number of rotatable bonds is 3. The van der Waals surface area contributed by atoms with E-state index < -0.39 is 0 Å². The van der Waals surface area contributed by atoms with E-state index in [9.17, 15) is 4.79 Å². The highest BCUT2D eigenvalue weighted by Crippen LogP contribution is 2.28. The van der Waals surface area contributed by atoms with E-state index in [2.05, 4.69) is 27.1 Å². The van der Waals surface area contributed by atoms with Crippen molar-refractivity contribution < 1.29 is 4.79 Å². The first-order valence-electron chi connectivity index (χ1n) is 6.78. The zero-order valence-electron chi connectivity index (χ0n) is 11.5. The van der Waals surface area contributed by atoms with Crippen molar-refractivity contribution in [2.75, 3.05) is 32.0 Å². The highest BCUT2D eigenvalue weighted by atomic mass is 16.2. The highest BCUT2D eigenvalue weighted by Gasteiger charge is 2.41. The number of amides is 1. The molecule has 0 radical (unpaired) electrons. The third-order valence-electron chi connectivity index (χ3n) is 4.16. The zero-order valence-corrected chi connectivity index (χ0v) is 11.5. The Morgan fingerprint density at radius 3 is 2.95 bits per heavy atom. The van der Waals surface area contributed by atoms with Gasteiger partial charge >= 0.3 is 0 Å². The molecule has 2 unspecified atom stereocenters. The molecule has 3 heterocycles. The first-order valence-corrected chi connectivity index (χ1v) is 6.78. The van der Waals surface area contributed by atoms with Crippen LogP contribution in [0.4, 0.5) is 5.82 Å². The van der Waals surface area contributed by atoms with Gasteiger partial charge in [-0.3, -0.25) is 9.69 Å². The second kappa shape index (κ2) is 4.90. The number of hydrogen-bond acceptors (Lipinski definition) is 4. The predicted molar refractivity (Wildman–Crippen MR) is 74.0 cm³/mol. The van der Waals surface area contributed by atoms with Crippen molar-refractivity contribution in [2.45, 2.75) is 25.4 Å². The van der Waals surface area contributed by atoms with E-state index in [-0.39, 0.29) is 5.91 Å². The van der Waals surface area contributed by atoms with Gasteiger partial charge in [0.2, 0.25) is 5.91 Å². The Morgan fingerprint density at radius 2 is 2.32 bits per heavy atom. The van der Waals surface area contributed by atoms with Gasteiger partial charge in [-0.1, -0.05) is 0 Å². The Kier molecular flexibility index (Phi) is 3.24. The molecule has 3 rings (SSSR count). The van der Waals surface area contributed by atoms with E-state index in [1.165, 1.54) is 6.42 Å². The van der Waals surface area contributed by atoms with Gasteiger partial charge < -0.3 is 10.2 Å². The fraction of sp³-hybridized carbons (Fsp3) is 0.571. The standard InChI is InChI=1S/C14H20N4O/c1-10-3-4-15-13(5-10)16-14(19)9-18-8-11-6-12(18)7-17(11)2/h3-5,11-12H,6-9H2,1-2H3,(H,15,16,19). The molecule has 1 aromatic rings. The van der Waals surface area contributed by atoms with Gasteiger partial charge in [0, 0.05) is 31.4 Å². The Labute approximate surface area is 113 Å². The van der Waals surface area contributed by atoms with Gasteiger partial charge in [0.15, 0.2) is 0 Å². The van der Waals surface area contributed by atoms with Crippen LogP contribution in [0.3, 0.4) is 0 Å². The molecule has 0 spiro atoms.